The van der Waals surface area contributed by atoms with Gasteiger partial charge in [0.2, 0.25) is 0 Å². The topological polar surface area (TPSA) is 58.4 Å². The first-order valence-corrected chi connectivity index (χ1v) is 7.77. The molecule has 1 saturated heterocycles. The Morgan fingerprint density at radius 1 is 1.42 bits per heavy atom. The maximum Gasteiger partial charge on any atom is 0.161 e. The molecule has 0 amide bonds. The number of nitrogens with zero attached hydrogens (tertiary/aromatic N) is 1. The number of carbonyl (C=O) groups excluding carboxylic acids is 1. The van der Waals surface area contributed by atoms with E-state index in [4.69, 9.17) is 5.73 Å². The van der Waals surface area contributed by atoms with Crippen molar-refractivity contribution in [1.29, 1.82) is 0 Å². The summed E-state index contributed by atoms with van der Waals surface area (Å²) < 4.78 is 0. The van der Waals surface area contributed by atoms with Crippen molar-refractivity contribution in [2.24, 2.45) is 0 Å². The van der Waals surface area contributed by atoms with Crippen molar-refractivity contribution in [2.45, 2.75) is 6.92 Å². The molecule has 104 valence electrons. The highest BCUT2D eigenvalue weighted by Crippen LogP contribution is 2.18. The largest absolute Gasteiger partial charge is 0.398 e. The second-order valence-corrected chi connectivity index (χ2v) is 5.96. The van der Waals surface area contributed by atoms with Crippen LogP contribution in [0, 0.1) is 0 Å². The van der Waals surface area contributed by atoms with Gasteiger partial charge in [0.1, 0.15) is 0 Å². The molecule has 19 heavy (non-hydrogen) atoms. The molecule has 1 aliphatic heterocycles. The van der Waals surface area contributed by atoms with Gasteiger partial charge in [-0.3, -0.25) is 9.69 Å². The number of hydrogen-bond acceptors (Lipinski definition) is 5. The number of carbonyl (C=O) groups is 1. The Balaban J connectivity index is 1.85. The minimum absolute atomic E-state index is 0.00852. The summed E-state index contributed by atoms with van der Waals surface area (Å²) in [5.74, 6) is 2.47. The Kier molecular flexibility index (Phi) is 5.10. The summed E-state index contributed by atoms with van der Waals surface area (Å²) in [6.45, 7) is 5.83. The fraction of sp³-hybridized carbons (Fsp3) is 0.500. The molecule has 0 aromatic heterocycles. The SMILES string of the molecule is CC(=O)c1cc(NCCN2CCSCC2)ccc1N. The molecule has 0 spiro atoms. The average Bonchev–Trinajstić information content (AvgIpc) is 2.41. The number of rotatable bonds is 5. The van der Waals surface area contributed by atoms with Crippen LogP contribution in [0.15, 0.2) is 18.2 Å². The zero-order valence-corrected chi connectivity index (χ0v) is 12.1. The molecular weight excluding hydrogens is 258 g/mol. The number of nitrogen functional groups attached to an aromatic ring is 1. The lowest BCUT2D eigenvalue weighted by atomic mass is 10.1. The zero-order valence-electron chi connectivity index (χ0n) is 11.3. The standard InChI is InChI=1S/C14H21N3OS/c1-11(18)13-10-12(2-3-14(13)15)16-4-5-17-6-8-19-9-7-17/h2-3,10,16H,4-9,15H2,1H3. The van der Waals surface area contributed by atoms with Gasteiger partial charge in [-0.2, -0.15) is 11.8 Å². The molecule has 2 rings (SSSR count). The second kappa shape index (κ2) is 6.82. The first-order valence-electron chi connectivity index (χ1n) is 6.61. The Hall–Kier alpha value is -1.20. The van der Waals surface area contributed by atoms with Crippen molar-refractivity contribution in [3.05, 3.63) is 23.8 Å². The van der Waals surface area contributed by atoms with Crippen LogP contribution in [0.4, 0.5) is 11.4 Å². The van der Waals surface area contributed by atoms with Crippen LogP contribution < -0.4 is 11.1 Å². The predicted octanol–water partition coefficient (Wildman–Crippen LogP) is 1.93. The zero-order chi connectivity index (χ0) is 13.7. The van der Waals surface area contributed by atoms with E-state index in [2.05, 4.69) is 10.2 Å². The van der Waals surface area contributed by atoms with Crippen LogP contribution >= 0.6 is 11.8 Å². The number of ketones is 1. The first kappa shape index (κ1) is 14.2. The number of nitrogens with two attached hydrogens (primary N) is 1. The molecule has 0 radical (unpaired) electrons. The molecule has 0 aliphatic carbocycles. The van der Waals surface area contributed by atoms with Crippen molar-refractivity contribution >= 4 is 28.9 Å². The maximum absolute atomic E-state index is 11.4. The quantitative estimate of drug-likeness (QED) is 0.637. The van der Waals surface area contributed by atoms with Crippen molar-refractivity contribution in [3.8, 4) is 0 Å². The maximum atomic E-state index is 11.4. The van der Waals surface area contributed by atoms with Crippen LogP contribution in [0.25, 0.3) is 0 Å². The average molecular weight is 279 g/mol. The summed E-state index contributed by atoms with van der Waals surface area (Å²) in [6.07, 6.45) is 0. The number of nitrogens with one attached hydrogen (secondary N) is 1. The van der Waals surface area contributed by atoms with Crippen LogP contribution in [-0.2, 0) is 0 Å². The molecule has 5 heteroatoms. The fourth-order valence-corrected chi connectivity index (χ4v) is 3.13. The van der Waals surface area contributed by atoms with Crippen LogP contribution in [0.1, 0.15) is 17.3 Å². The van der Waals surface area contributed by atoms with Crippen molar-refractivity contribution < 1.29 is 4.79 Å². The van der Waals surface area contributed by atoms with E-state index in [0.717, 1.165) is 18.8 Å². The molecule has 0 saturated carbocycles. The van der Waals surface area contributed by atoms with Gasteiger partial charge in [-0.25, -0.2) is 0 Å². The third-order valence-corrected chi connectivity index (χ3v) is 4.24. The normalized spacial score (nSPS) is 16.3. The lowest BCUT2D eigenvalue weighted by molar-refractivity contribution is 0.101. The number of thioether (sulfide) groups is 1. The van der Waals surface area contributed by atoms with Gasteiger partial charge in [0.05, 0.1) is 0 Å². The minimum Gasteiger partial charge on any atom is -0.398 e. The van der Waals surface area contributed by atoms with Gasteiger partial charge in [-0.1, -0.05) is 0 Å². The van der Waals surface area contributed by atoms with E-state index in [1.807, 2.05) is 23.9 Å². The summed E-state index contributed by atoms with van der Waals surface area (Å²) in [4.78, 5) is 13.9. The van der Waals surface area contributed by atoms with Gasteiger partial charge < -0.3 is 11.1 Å². The van der Waals surface area contributed by atoms with Crippen LogP contribution in [0.2, 0.25) is 0 Å². The smallest absolute Gasteiger partial charge is 0.161 e. The summed E-state index contributed by atoms with van der Waals surface area (Å²) in [7, 11) is 0. The molecule has 1 fully saturated rings. The summed E-state index contributed by atoms with van der Waals surface area (Å²) in [5.41, 5.74) is 7.88. The van der Waals surface area contributed by atoms with E-state index < -0.39 is 0 Å². The van der Waals surface area contributed by atoms with Gasteiger partial charge in [-0.05, 0) is 25.1 Å². The Labute approximate surface area is 118 Å². The van der Waals surface area contributed by atoms with Crippen LogP contribution in [0.3, 0.4) is 0 Å². The van der Waals surface area contributed by atoms with E-state index in [1.54, 1.807) is 13.0 Å². The van der Waals surface area contributed by atoms with E-state index in [0.29, 0.717) is 11.3 Å². The number of hydrogen-bond donors (Lipinski definition) is 2. The van der Waals surface area contributed by atoms with Gasteiger partial charge in [0, 0.05) is 54.6 Å². The monoisotopic (exact) mass is 279 g/mol. The Morgan fingerprint density at radius 2 is 2.16 bits per heavy atom. The van der Waals surface area contributed by atoms with E-state index in [1.165, 1.54) is 24.6 Å². The minimum atomic E-state index is 0.00852. The van der Waals surface area contributed by atoms with E-state index in [9.17, 15) is 4.79 Å². The molecular formula is C14H21N3OS. The lowest BCUT2D eigenvalue weighted by Gasteiger charge is -2.26. The van der Waals surface area contributed by atoms with Crippen molar-refractivity contribution in [2.75, 3.05) is 48.7 Å². The van der Waals surface area contributed by atoms with Crippen molar-refractivity contribution in [3.63, 3.8) is 0 Å². The molecule has 0 unspecified atom stereocenters. The van der Waals surface area contributed by atoms with Crippen molar-refractivity contribution in [1.82, 2.24) is 4.90 Å². The fourth-order valence-electron chi connectivity index (χ4n) is 2.15. The Morgan fingerprint density at radius 3 is 2.84 bits per heavy atom. The second-order valence-electron chi connectivity index (χ2n) is 4.74. The molecule has 3 N–H and O–H groups in total. The highest BCUT2D eigenvalue weighted by molar-refractivity contribution is 7.99. The first-order chi connectivity index (χ1) is 9.16. The van der Waals surface area contributed by atoms with E-state index >= 15 is 0 Å². The summed E-state index contributed by atoms with van der Waals surface area (Å²) >= 11 is 2.02. The predicted molar refractivity (Wildman–Crippen MR) is 83.1 cm³/mol. The summed E-state index contributed by atoms with van der Waals surface area (Å²) in [6, 6.07) is 5.55. The molecule has 0 bridgehead atoms. The molecule has 1 aliphatic rings. The van der Waals surface area contributed by atoms with Crippen LogP contribution in [0.5, 0.6) is 0 Å². The molecule has 4 nitrogen and oxygen atoms in total. The Bertz CT molecular complexity index is 444. The van der Waals surface area contributed by atoms with Gasteiger partial charge in [0.25, 0.3) is 0 Å². The molecule has 0 atom stereocenters. The van der Waals surface area contributed by atoms with Gasteiger partial charge in [-0.15, -0.1) is 0 Å². The number of Topliss-reactive ketones (excluding diaryl/α,β-unsaturated/α-hetero) is 1. The third kappa shape index (κ3) is 4.14. The van der Waals surface area contributed by atoms with Gasteiger partial charge in [0.15, 0.2) is 5.78 Å². The van der Waals surface area contributed by atoms with Crippen LogP contribution in [-0.4, -0.2) is 48.4 Å². The number of benzene rings is 1. The molecule has 1 aromatic rings. The highest BCUT2D eigenvalue weighted by atomic mass is 32.2. The lowest BCUT2D eigenvalue weighted by Crippen LogP contribution is -2.36. The number of anilines is 2. The third-order valence-electron chi connectivity index (χ3n) is 3.29. The van der Waals surface area contributed by atoms with Gasteiger partial charge >= 0.3 is 0 Å². The van der Waals surface area contributed by atoms with E-state index in [-0.39, 0.29) is 5.78 Å². The molecule has 1 aromatic carbocycles. The molecule has 1 heterocycles. The highest BCUT2D eigenvalue weighted by Gasteiger charge is 2.10. The summed E-state index contributed by atoms with van der Waals surface area (Å²) in [5, 5.41) is 3.36.